The minimum Gasteiger partial charge on any atom is -0.339 e. The standard InChI is InChI=1S/C20H23N3O3S2/c24-20(15-27-18-7-6-16-3-1-4-17(16)13-18)22-9-11-23(12-10-22)28(25,26)19-5-2-8-21-14-19/h2,5-8,13-14H,1,3-4,9-12,15H2. The number of aromatic nitrogens is 1. The van der Waals surface area contributed by atoms with E-state index < -0.39 is 10.0 Å². The van der Waals surface area contributed by atoms with Crippen LogP contribution in [0.5, 0.6) is 0 Å². The van der Waals surface area contributed by atoms with E-state index >= 15 is 0 Å². The Labute approximate surface area is 170 Å². The number of aryl methyl sites for hydroxylation is 2. The summed E-state index contributed by atoms with van der Waals surface area (Å²) in [5.41, 5.74) is 2.84. The van der Waals surface area contributed by atoms with Gasteiger partial charge in [-0.2, -0.15) is 4.31 Å². The predicted octanol–water partition coefficient (Wildman–Crippen LogP) is 2.20. The van der Waals surface area contributed by atoms with Crippen LogP contribution in [0.1, 0.15) is 17.5 Å². The highest BCUT2D eigenvalue weighted by molar-refractivity contribution is 8.00. The fraction of sp³-hybridized carbons (Fsp3) is 0.400. The van der Waals surface area contributed by atoms with E-state index in [-0.39, 0.29) is 10.8 Å². The Hall–Kier alpha value is -1.90. The van der Waals surface area contributed by atoms with Crippen LogP contribution >= 0.6 is 11.8 Å². The molecule has 1 aromatic heterocycles. The van der Waals surface area contributed by atoms with Crippen molar-refractivity contribution in [3.8, 4) is 0 Å². The van der Waals surface area contributed by atoms with Gasteiger partial charge in [0.1, 0.15) is 4.90 Å². The number of piperazine rings is 1. The molecule has 6 nitrogen and oxygen atoms in total. The molecule has 0 bridgehead atoms. The number of pyridine rings is 1. The molecule has 0 radical (unpaired) electrons. The first-order valence-corrected chi connectivity index (χ1v) is 11.9. The van der Waals surface area contributed by atoms with Crippen molar-refractivity contribution in [1.29, 1.82) is 0 Å². The van der Waals surface area contributed by atoms with Gasteiger partial charge in [0, 0.05) is 43.5 Å². The molecule has 1 amide bonds. The lowest BCUT2D eigenvalue weighted by atomic mass is 10.1. The maximum atomic E-state index is 12.6. The topological polar surface area (TPSA) is 70.6 Å². The highest BCUT2D eigenvalue weighted by Crippen LogP contribution is 2.28. The van der Waals surface area contributed by atoms with Gasteiger partial charge in [-0.25, -0.2) is 8.42 Å². The molecule has 1 saturated heterocycles. The van der Waals surface area contributed by atoms with E-state index in [0.717, 1.165) is 17.7 Å². The summed E-state index contributed by atoms with van der Waals surface area (Å²) >= 11 is 1.56. The van der Waals surface area contributed by atoms with Crippen molar-refractivity contribution in [3.63, 3.8) is 0 Å². The van der Waals surface area contributed by atoms with Crippen LogP contribution in [0.3, 0.4) is 0 Å². The minimum absolute atomic E-state index is 0.0592. The van der Waals surface area contributed by atoms with Crippen LogP contribution in [-0.2, 0) is 27.7 Å². The summed E-state index contributed by atoms with van der Waals surface area (Å²) in [6.07, 6.45) is 6.42. The summed E-state index contributed by atoms with van der Waals surface area (Å²) in [7, 11) is -3.54. The van der Waals surface area contributed by atoms with Gasteiger partial charge >= 0.3 is 0 Å². The molecule has 148 valence electrons. The fourth-order valence-corrected chi connectivity index (χ4v) is 5.95. The third-order valence-corrected chi connectivity index (χ3v) is 8.16. The summed E-state index contributed by atoms with van der Waals surface area (Å²) in [6, 6.07) is 9.65. The number of rotatable bonds is 5. The molecule has 2 heterocycles. The number of benzene rings is 1. The first kappa shape index (κ1) is 19.4. The molecule has 1 aliphatic heterocycles. The maximum Gasteiger partial charge on any atom is 0.244 e. The lowest BCUT2D eigenvalue weighted by Crippen LogP contribution is -2.50. The van der Waals surface area contributed by atoms with Crippen LogP contribution in [0.2, 0.25) is 0 Å². The molecular formula is C20H23N3O3S2. The lowest BCUT2D eigenvalue weighted by Gasteiger charge is -2.34. The Morgan fingerprint density at radius 3 is 2.61 bits per heavy atom. The van der Waals surface area contributed by atoms with Crippen LogP contribution in [0.4, 0.5) is 0 Å². The van der Waals surface area contributed by atoms with Crippen LogP contribution in [0.25, 0.3) is 0 Å². The van der Waals surface area contributed by atoms with Gasteiger partial charge < -0.3 is 4.90 Å². The second kappa shape index (κ2) is 8.23. The number of thioether (sulfide) groups is 1. The number of amides is 1. The molecule has 4 rings (SSSR count). The van der Waals surface area contributed by atoms with Crippen molar-refractivity contribution in [2.75, 3.05) is 31.9 Å². The Morgan fingerprint density at radius 1 is 1.07 bits per heavy atom. The highest BCUT2D eigenvalue weighted by atomic mass is 32.2. The Bertz CT molecular complexity index is 956. The van der Waals surface area contributed by atoms with Gasteiger partial charge in [-0.05, 0) is 54.7 Å². The summed E-state index contributed by atoms with van der Waals surface area (Å²) in [6.45, 7) is 1.46. The van der Waals surface area contributed by atoms with Gasteiger partial charge in [-0.3, -0.25) is 9.78 Å². The van der Waals surface area contributed by atoms with Crippen LogP contribution in [0, 0.1) is 0 Å². The predicted molar refractivity (Wildman–Crippen MR) is 109 cm³/mol. The summed E-state index contributed by atoms with van der Waals surface area (Å²) in [5, 5.41) is 0. The van der Waals surface area contributed by atoms with Gasteiger partial charge in [0.25, 0.3) is 0 Å². The highest BCUT2D eigenvalue weighted by Gasteiger charge is 2.30. The molecule has 0 spiro atoms. The molecule has 0 N–H and O–H groups in total. The third kappa shape index (κ3) is 4.09. The normalized spacial score (nSPS) is 17.5. The zero-order valence-corrected chi connectivity index (χ0v) is 17.2. The van der Waals surface area contributed by atoms with Crippen LogP contribution in [-0.4, -0.2) is 60.4 Å². The van der Waals surface area contributed by atoms with E-state index in [9.17, 15) is 13.2 Å². The Morgan fingerprint density at radius 2 is 1.86 bits per heavy atom. The molecule has 2 aromatic rings. The molecule has 0 saturated carbocycles. The summed E-state index contributed by atoms with van der Waals surface area (Å²) < 4.78 is 26.7. The van der Waals surface area contributed by atoms with E-state index in [1.54, 1.807) is 35.0 Å². The van der Waals surface area contributed by atoms with Crippen LogP contribution < -0.4 is 0 Å². The molecule has 1 fully saturated rings. The first-order valence-electron chi connectivity index (χ1n) is 9.46. The molecule has 1 aromatic carbocycles. The number of hydrogen-bond acceptors (Lipinski definition) is 5. The fourth-order valence-electron chi connectivity index (χ4n) is 3.70. The first-order chi connectivity index (χ1) is 13.5. The van der Waals surface area contributed by atoms with Crippen molar-refractivity contribution < 1.29 is 13.2 Å². The molecule has 8 heteroatoms. The molecule has 0 atom stereocenters. The third-order valence-electron chi connectivity index (χ3n) is 5.30. The zero-order valence-electron chi connectivity index (χ0n) is 15.6. The largest absolute Gasteiger partial charge is 0.339 e. The number of hydrogen-bond donors (Lipinski definition) is 0. The maximum absolute atomic E-state index is 12.6. The second-order valence-electron chi connectivity index (χ2n) is 7.05. The van der Waals surface area contributed by atoms with Gasteiger partial charge in [0.15, 0.2) is 0 Å². The average molecular weight is 418 g/mol. The second-order valence-corrected chi connectivity index (χ2v) is 10.0. The Kier molecular flexibility index (Phi) is 5.70. The SMILES string of the molecule is O=C(CSc1ccc2c(c1)CCC2)N1CCN(S(=O)(=O)c2cccnc2)CC1. The summed E-state index contributed by atoms with van der Waals surface area (Å²) in [5.74, 6) is 0.442. The number of nitrogens with zero attached hydrogens (tertiary/aromatic N) is 3. The van der Waals surface area contributed by atoms with E-state index in [1.807, 2.05) is 0 Å². The quantitative estimate of drug-likeness (QED) is 0.698. The van der Waals surface area contributed by atoms with Crippen molar-refractivity contribution >= 4 is 27.7 Å². The average Bonchev–Trinajstić information content (AvgIpc) is 3.20. The molecule has 28 heavy (non-hydrogen) atoms. The number of carbonyl (C=O) groups excluding carboxylic acids is 1. The van der Waals surface area contributed by atoms with Crippen LogP contribution in [0.15, 0.2) is 52.5 Å². The van der Waals surface area contributed by atoms with Crippen molar-refractivity contribution in [1.82, 2.24) is 14.2 Å². The smallest absolute Gasteiger partial charge is 0.244 e. The minimum atomic E-state index is -3.54. The van der Waals surface area contributed by atoms with Crippen molar-refractivity contribution in [3.05, 3.63) is 53.9 Å². The van der Waals surface area contributed by atoms with E-state index in [1.165, 1.54) is 28.0 Å². The van der Waals surface area contributed by atoms with Gasteiger partial charge in [-0.1, -0.05) is 6.07 Å². The van der Waals surface area contributed by atoms with Gasteiger partial charge in [-0.15, -0.1) is 11.8 Å². The monoisotopic (exact) mass is 417 g/mol. The number of carbonyl (C=O) groups is 1. The van der Waals surface area contributed by atoms with E-state index in [4.69, 9.17) is 0 Å². The molecule has 1 aliphatic carbocycles. The Balaban J connectivity index is 1.30. The number of fused-ring (bicyclic) bond motifs is 1. The molecular weight excluding hydrogens is 394 g/mol. The van der Waals surface area contributed by atoms with E-state index in [0.29, 0.717) is 31.9 Å². The summed E-state index contributed by atoms with van der Waals surface area (Å²) in [4.78, 5) is 19.5. The number of sulfonamides is 1. The zero-order chi connectivity index (χ0) is 19.6. The van der Waals surface area contributed by atoms with Gasteiger partial charge in [0.05, 0.1) is 5.75 Å². The van der Waals surface area contributed by atoms with E-state index in [2.05, 4.69) is 23.2 Å². The molecule has 0 unspecified atom stereocenters. The lowest BCUT2D eigenvalue weighted by molar-refractivity contribution is -0.129. The van der Waals surface area contributed by atoms with Gasteiger partial charge in [0.2, 0.25) is 15.9 Å². The van der Waals surface area contributed by atoms with Crippen molar-refractivity contribution in [2.24, 2.45) is 0 Å². The van der Waals surface area contributed by atoms with Crippen molar-refractivity contribution in [2.45, 2.75) is 29.1 Å². The molecule has 2 aliphatic rings.